The molecule has 5 heteroatoms. The maximum Gasteiger partial charge on any atom is 0.185 e. The van der Waals surface area contributed by atoms with Gasteiger partial charge < -0.3 is 4.74 Å². The third kappa shape index (κ3) is 1.99. The number of fused-ring (bicyclic) bond motifs is 1. The Bertz CT molecular complexity index is 551. The van der Waals surface area contributed by atoms with Crippen LogP contribution in [0.25, 0.3) is 0 Å². The van der Waals surface area contributed by atoms with Crippen LogP contribution in [0.4, 0.5) is 0 Å². The monoisotopic (exact) mass is 243 g/mol. The van der Waals surface area contributed by atoms with Crippen molar-refractivity contribution < 1.29 is 9.53 Å². The summed E-state index contributed by atoms with van der Waals surface area (Å²) in [6.07, 6.45) is 2.78. The van der Waals surface area contributed by atoms with E-state index in [0.29, 0.717) is 18.7 Å². The number of carbonyl (C=O) groups is 1. The number of ketones is 1. The van der Waals surface area contributed by atoms with Crippen LogP contribution >= 0.6 is 0 Å². The molecule has 18 heavy (non-hydrogen) atoms. The van der Waals surface area contributed by atoms with Gasteiger partial charge in [0.05, 0.1) is 12.8 Å². The van der Waals surface area contributed by atoms with Crippen molar-refractivity contribution in [1.29, 1.82) is 0 Å². The smallest absolute Gasteiger partial charge is 0.185 e. The number of benzene rings is 1. The molecule has 1 atom stereocenters. The zero-order valence-electron chi connectivity index (χ0n) is 9.80. The fourth-order valence-electron chi connectivity index (χ4n) is 2.29. The number of aromatic amines is 1. The molecule has 0 saturated carbocycles. The van der Waals surface area contributed by atoms with Crippen molar-refractivity contribution in [3.8, 4) is 5.75 Å². The van der Waals surface area contributed by atoms with Gasteiger partial charge in [-0.15, -0.1) is 0 Å². The van der Waals surface area contributed by atoms with E-state index < -0.39 is 0 Å². The van der Waals surface area contributed by atoms with Crippen LogP contribution in [0.3, 0.4) is 0 Å². The number of hydrogen-bond acceptors (Lipinski definition) is 4. The molecule has 2 aromatic rings. The quantitative estimate of drug-likeness (QED) is 0.836. The van der Waals surface area contributed by atoms with Gasteiger partial charge in [-0.05, 0) is 24.0 Å². The maximum absolute atomic E-state index is 12.0. The van der Waals surface area contributed by atoms with Crippen LogP contribution < -0.4 is 4.74 Å². The predicted octanol–water partition coefficient (Wildman–Crippen LogP) is 1.94. The molecule has 0 fully saturated rings. The van der Waals surface area contributed by atoms with Gasteiger partial charge in [-0.1, -0.05) is 18.2 Å². The Labute approximate surface area is 104 Å². The molecule has 1 aliphatic rings. The summed E-state index contributed by atoms with van der Waals surface area (Å²) in [5.74, 6) is 1.12. The Kier molecular flexibility index (Phi) is 2.80. The van der Waals surface area contributed by atoms with Crippen LogP contribution in [0.1, 0.15) is 34.8 Å². The van der Waals surface area contributed by atoms with Gasteiger partial charge in [0.2, 0.25) is 0 Å². The Morgan fingerprint density at radius 1 is 1.44 bits per heavy atom. The summed E-state index contributed by atoms with van der Waals surface area (Å²) in [7, 11) is 0. The van der Waals surface area contributed by atoms with Gasteiger partial charge >= 0.3 is 0 Å². The summed E-state index contributed by atoms with van der Waals surface area (Å²) in [4.78, 5) is 12.0. The highest BCUT2D eigenvalue weighted by Gasteiger charge is 2.24. The molecule has 0 saturated heterocycles. The standard InChI is InChI=1S/C13H13N3O2/c17-12(11-8-14-16-15-11)7-9-5-6-18-13-4-2-1-3-10(9)13/h1-4,8-9H,5-7H2,(H,14,15,16). The van der Waals surface area contributed by atoms with Crippen molar-refractivity contribution >= 4 is 5.78 Å². The third-order valence-electron chi connectivity index (χ3n) is 3.22. The van der Waals surface area contributed by atoms with Crippen LogP contribution in [0.2, 0.25) is 0 Å². The first-order valence-electron chi connectivity index (χ1n) is 5.95. The molecule has 0 aliphatic carbocycles. The van der Waals surface area contributed by atoms with Gasteiger partial charge in [0, 0.05) is 6.42 Å². The maximum atomic E-state index is 12.0. The average Bonchev–Trinajstić information content (AvgIpc) is 2.93. The number of hydrogen-bond donors (Lipinski definition) is 1. The highest BCUT2D eigenvalue weighted by molar-refractivity contribution is 5.94. The molecule has 3 rings (SSSR count). The van der Waals surface area contributed by atoms with E-state index in [4.69, 9.17) is 4.74 Å². The molecule has 2 heterocycles. The molecule has 0 spiro atoms. The summed E-state index contributed by atoms with van der Waals surface area (Å²) in [5, 5.41) is 9.94. The molecular weight excluding hydrogens is 230 g/mol. The highest BCUT2D eigenvalue weighted by atomic mass is 16.5. The van der Waals surface area contributed by atoms with Crippen LogP contribution in [-0.4, -0.2) is 27.8 Å². The number of rotatable bonds is 3. The van der Waals surface area contributed by atoms with Crippen molar-refractivity contribution in [2.45, 2.75) is 18.8 Å². The Morgan fingerprint density at radius 2 is 2.33 bits per heavy atom. The van der Waals surface area contributed by atoms with Crippen molar-refractivity contribution in [3.05, 3.63) is 41.7 Å². The summed E-state index contributed by atoms with van der Waals surface area (Å²) < 4.78 is 5.58. The number of aromatic nitrogens is 3. The normalized spacial score (nSPS) is 17.9. The van der Waals surface area contributed by atoms with Crippen molar-refractivity contribution in [2.75, 3.05) is 6.61 Å². The zero-order valence-corrected chi connectivity index (χ0v) is 9.80. The summed E-state index contributed by atoms with van der Waals surface area (Å²) in [5.41, 5.74) is 1.51. The minimum absolute atomic E-state index is 0.0189. The molecule has 0 bridgehead atoms. The number of nitrogens with one attached hydrogen (secondary N) is 1. The Balaban J connectivity index is 1.80. The Morgan fingerprint density at radius 3 is 3.17 bits per heavy atom. The van der Waals surface area contributed by atoms with E-state index in [9.17, 15) is 4.79 Å². The van der Waals surface area contributed by atoms with Crippen LogP contribution in [0.5, 0.6) is 5.75 Å². The van der Waals surface area contributed by atoms with Gasteiger partial charge in [-0.2, -0.15) is 15.4 Å². The molecule has 1 N–H and O–H groups in total. The SMILES string of the molecule is O=C(CC1CCOc2ccccc21)c1cn[nH]n1. The molecule has 0 radical (unpaired) electrons. The van der Waals surface area contributed by atoms with Gasteiger partial charge in [-0.25, -0.2) is 0 Å². The van der Waals surface area contributed by atoms with E-state index in [1.54, 1.807) is 0 Å². The summed E-state index contributed by atoms with van der Waals surface area (Å²) in [6, 6.07) is 7.89. The van der Waals surface area contributed by atoms with Crippen LogP contribution in [0.15, 0.2) is 30.5 Å². The molecule has 0 amide bonds. The van der Waals surface area contributed by atoms with Crippen molar-refractivity contribution in [2.24, 2.45) is 0 Å². The Hall–Kier alpha value is -2.17. The van der Waals surface area contributed by atoms with E-state index in [1.807, 2.05) is 24.3 Å². The van der Waals surface area contributed by atoms with Crippen molar-refractivity contribution in [1.82, 2.24) is 15.4 Å². The second-order valence-corrected chi connectivity index (χ2v) is 4.35. The van der Waals surface area contributed by atoms with Gasteiger partial charge in [-0.3, -0.25) is 4.79 Å². The number of ether oxygens (including phenoxy) is 1. The highest BCUT2D eigenvalue weighted by Crippen LogP contribution is 2.35. The third-order valence-corrected chi connectivity index (χ3v) is 3.22. The topological polar surface area (TPSA) is 67.9 Å². The van der Waals surface area contributed by atoms with Gasteiger partial charge in [0.15, 0.2) is 5.78 Å². The van der Waals surface area contributed by atoms with E-state index >= 15 is 0 Å². The zero-order chi connectivity index (χ0) is 12.4. The van der Waals surface area contributed by atoms with E-state index in [-0.39, 0.29) is 11.7 Å². The molecule has 1 aliphatic heterocycles. The molecule has 92 valence electrons. The van der Waals surface area contributed by atoms with Crippen LogP contribution in [-0.2, 0) is 0 Å². The average molecular weight is 243 g/mol. The summed E-state index contributed by atoms with van der Waals surface area (Å²) >= 11 is 0. The number of para-hydroxylation sites is 1. The minimum atomic E-state index is 0.0189. The van der Waals surface area contributed by atoms with E-state index in [1.165, 1.54) is 6.20 Å². The fourth-order valence-corrected chi connectivity index (χ4v) is 2.29. The predicted molar refractivity (Wildman–Crippen MR) is 64.6 cm³/mol. The van der Waals surface area contributed by atoms with Gasteiger partial charge in [0.1, 0.15) is 11.4 Å². The second-order valence-electron chi connectivity index (χ2n) is 4.35. The van der Waals surface area contributed by atoms with E-state index in [0.717, 1.165) is 17.7 Å². The second kappa shape index (κ2) is 4.60. The first-order chi connectivity index (χ1) is 8.84. The summed E-state index contributed by atoms with van der Waals surface area (Å²) in [6.45, 7) is 0.660. The lowest BCUT2D eigenvalue weighted by Crippen LogP contribution is -2.17. The van der Waals surface area contributed by atoms with Gasteiger partial charge in [0.25, 0.3) is 0 Å². The van der Waals surface area contributed by atoms with Crippen LogP contribution in [0, 0.1) is 0 Å². The molecular formula is C13H13N3O2. The van der Waals surface area contributed by atoms with Crippen molar-refractivity contribution in [3.63, 3.8) is 0 Å². The number of carbonyl (C=O) groups excluding carboxylic acids is 1. The number of nitrogens with zero attached hydrogens (tertiary/aromatic N) is 2. The molecule has 5 nitrogen and oxygen atoms in total. The molecule has 1 aromatic heterocycles. The number of H-pyrrole nitrogens is 1. The molecule has 1 aromatic carbocycles. The number of Topliss-reactive ketones (excluding diaryl/α,β-unsaturated/α-hetero) is 1. The first-order valence-corrected chi connectivity index (χ1v) is 5.95. The molecule has 1 unspecified atom stereocenters. The first kappa shape index (κ1) is 11.0. The largest absolute Gasteiger partial charge is 0.493 e. The lowest BCUT2D eigenvalue weighted by atomic mass is 9.88. The lowest BCUT2D eigenvalue weighted by molar-refractivity contribution is 0.0961. The van der Waals surface area contributed by atoms with E-state index in [2.05, 4.69) is 15.4 Å². The lowest BCUT2D eigenvalue weighted by Gasteiger charge is -2.25. The fraction of sp³-hybridized carbons (Fsp3) is 0.308. The minimum Gasteiger partial charge on any atom is -0.493 e.